The number of sulfonamides is 1. The van der Waals surface area contributed by atoms with Crippen molar-refractivity contribution in [3.05, 3.63) is 76.9 Å². The maximum absolute atomic E-state index is 12.8. The number of nitrogens with one attached hydrogen (secondary N) is 3. The number of H-pyrrole nitrogens is 1. The molecule has 3 N–H and O–H groups in total. The third-order valence-electron chi connectivity index (χ3n) is 5.06. The van der Waals surface area contributed by atoms with Gasteiger partial charge in [-0.1, -0.05) is 23.7 Å². The van der Waals surface area contributed by atoms with Gasteiger partial charge in [0.15, 0.2) is 5.65 Å². The van der Waals surface area contributed by atoms with Crippen molar-refractivity contribution in [1.82, 2.24) is 20.3 Å². The summed E-state index contributed by atoms with van der Waals surface area (Å²) in [5.41, 5.74) is 3.80. The molecule has 0 saturated carbocycles. The van der Waals surface area contributed by atoms with Gasteiger partial charge in [-0.15, -0.1) is 0 Å². The SMILES string of the molecule is CCS(=O)(=O)Nc1ccc(CCNC(=O)c2ccnc3nc(-c4ccc(Cl)cc4)[nH]c23)cc1. The standard InChI is InChI=1S/C23H22ClN5O3S/c1-2-33(31,32)29-18-9-3-15(4-10-18)11-13-26-23(30)19-12-14-25-22-20(19)27-21(28-22)16-5-7-17(24)8-6-16/h3-10,12,14,29H,2,11,13H2,1H3,(H,26,30)(H,25,27,28). The van der Waals surface area contributed by atoms with Crippen LogP contribution in [0.3, 0.4) is 0 Å². The van der Waals surface area contributed by atoms with Crippen LogP contribution in [0.25, 0.3) is 22.6 Å². The predicted octanol–water partition coefficient (Wildman–Crippen LogP) is 4.01. The number of imidazole rings is 1. The Balaban J connectivity index is 1.41. The zero-order valence-corrected chi connectivity index (χ0v) is 19.4. The van der Waals surface area contributed by atoms with Crippen LogP contribution in [0.5, 0.6) is 0 Å². The topological polar surface area (TPSA) is 117 Å². The fourth-order valence-corrected chi connectivity index (χ4v) is 4.02. The summed E-state index contributed by atoms with van der Waals surface area (Å²) in [4.78, 5) is 24.7. The van der Waals surface area contributed by atoms with Crippen LogP contribution in [-0.4, -0.2) is 41.6 Å². The summed E-state index contributed by atoms with van der Waals surface area (Å²) in [6.45, 7) is 2.00. The summed E-state index contributed by atoms with van der Waals surface area (Å²) in [6, 6.07) is 16.0. The first-order valence-corrected chi connectivity index (χ1v) is 12.4. The number of nitrogens with zero attached hydrogens (tertiary/aromatic N) is 2. The summed E-state index contributed by atoms with van der Waals surface area (Å²) >= 11 is 5.95. The Labute approximate surface area is 196 Å². The molecule has 0 spiro atoms. The second-order valence-electron chi connectivity index (χ2n) is 7.36. The first-order valence-electron chi connectivity index (χ1n) is 10.3. The van der Waals surface area contributed by atoms with Crippen LogP contribution in [0, 0.1) is 0 Å². The smallest absolute Gasteiger partial charge is 0.253 e. The molecule has 10 heteroatoms. The zero-order valence-electron chi connectivity index (χ0n) is 17.8. The Hall–Kier alpha value is -3.43. The highest BCUT2D eigenvalue weighted by Crippen LogP contribution is 2.23. The number of fused-ring (bicyclic) bond motifs is 1. The van der Waals surface area contributed by atoms with Gasteiger partial charge in [-0.25, -0.2) is 18.4 Å². The molecule has 0 atom stereocenters. The van der Waals surface area contributed by atoms with E-state index in [2.05, 4.69) is 25.0 Å². The zero-order chi connectivity index (χ0) is 23.4. The molecule has 33 heavy (non-hydrogen) atoms. The summed E-state index contributed by atoms with van der Waals surface area (Å²) in [5.74, 6) is 0.384. The summed E-state index contributed by atoms with van der Waals surface area (Å²) in [5, 5.41) is 3.54. The molecule has 4 aromatic rings. The Bertz CT molecular complexity index is 1380. The van der Waals surface area contributed by atoms with Crippen molar-refractivity contribution >= 4 is 44.4 Å². The number of halogens is 1. The lowest BCUT2D eigenvalue weighted by Gasteiger charge is -2.08. The van der Waals surface area contributed by atoms with Gasteiger partial charge in [-0.2, -0.15) is 0 Å². The largest absolute Gasteiger partial charge is 0.352 e. The molecule has 1 amide bonds. The van der Waals surface area contributed by atoms with E-state index in [1.807, 2.05) is 24.3 Å². The van der Waals surface area contributed by atoms with E-state index in [-0.39, 0.29) is 11.7 Å². The third kappa shape index (κ3) is 5.50. The number of aromatic nitrogens is 3. The molecule has 2 aromatic heterocycles. The number of carbonyl (C=O) groups is 1. The van der Waals surface area contributed by atoms with Gasteiger partial charge in [0.25, 0.3) is 5.91 Å². The second kappa shape index (κ2) is 9.60. The Morgan fingerprint density at radius 1 is 1.06 bits per heavy atom. The quantitative estimate of drug-likeness (QED) is 0.350. The fourth-order valence-electron chi connectivity index (χ4n) is 3.25. The van der Waals surface area contributed by atoms with Gasteiger partial charge in [0.2, 0.25) is 10.0 Å². The first kappa shape index (κ1) is 22.8. The molecule has 0 bridgehead atoms. The minimum atomic E-state index is -3.31. The number of benzene rings is 2. The number of rotatable bonds is 8. The molecule has 0 saturated heterocycles. The van der Waals surface area contributed by atoms with Gasteiger partial charge in [-0.05, 0) is 61.4 Å². The van der Waals surface area contributed by atoms with E-state index in [1.165, 1.54) is 0 Å². The highest BCUT2D eigenvalue weighted by Gasteiger charge is 2.15. The molecule has 0 aliphatic carbocycles. The van der Waals surface area contributed by atoms with E-state index >= 15 is 0 Å². The normalized spacial score (nSPS) is 11.5. The maximum atomic E-state index is 12.8. The van der Waals surface area contributed by atoms with Crippen LogP contribution in [0.4, 0.5) is 5.69 Å². The molecule has 0 aliphatic heterocycles. The second-order valence-corrected chi connectivity index (χ2v) is 9.81. The monoisotopic (exact) mass is 483 g/mol. The molecule has 0 aliphatic rings. The number of anilines is 1. The lowest BCUT2D eigenvalue weighted by Crippen LogP contribution is -2.26. The van der Waals surface area contributed by atoms with E-state index in [4.69, 9.17) is 11.6 Å². The molecule has 4 rings (SSSR count). The Morgan fingerprint density at radius 3 is 2.48 bits per heavy atom. The highest BCUT2D eigenvalue weighted by molar-refractivity contribution is 7.92. The Morgan fingerprint density at radius 2 is 1.79 bits per heavy atom. The molecule has 170 valence electrons. The summed E-state index contributed by atoms with van der Waals surface area (Å²) in [6.07, 6.45) is 2.15. The van der Waals surface area contributed by atoms with E-state index in [9.17, 15) is 13.2 Å². The first-order chi connectivity index (χ1) is 15.8. The van der Waals surface area contributed by atoms with Crippen LogP contribution in [0.15, 0.2) is 60.8 Å². The molecule has 0 fully saturated rings. The van der Waals surface area contributed by atoms with Crippen LogP contribution >= 0.6 is 11.6 Å². The van der Waals surface area contributed by atoms with Gasteiger partial charge >= 0.3 is 0 Å². The number of hydrogen-bond acceptors (Lipinski definition) is 5. The van der Waals surface area contributed by atoms with Gasteiger partial charge in [-0.3, -0.25) is 9.52 Å². The molecule has 0 unspecified atom stereocenters. The van der Waals surface area contributed by atoms with Gasteiger partial charge in [0.05, 0.1) is 16.8 Å². The molecule has 2 heterocycles. The number of carbonyl (C=O) groups excluding carboxylic acids is 1. The number of amides is 1. The molecule has 2 aromatic carbocycles. The molecule has 8 nitrogen and oxygen atoms in total. The van der Waals surface area contributed by atoms with Crippen molar-refractivity contribution in [2.75, 3.05) is 17.0 Å². The van der Waals surface area contributed by atoms with Crippen molar-refractivity contribution < 1.29 is 13.2 Å². The van der Waals surface area contributed by atoms with Gasteiger partial charge < -0.3 is 10.3 Å². The number of pyridine rings is 1. The van der Waals surface area contributed by atoms with E-state index in [0.717, 1.165) is 11.1 Å². The maximum Gasteiger partial charge on any atom is 0.253 e. The summed E-state index contributed by atoms with van der Waals surface area (Å²) < 4.78 is 25.8. The molecular weight excluding hydrogens is 462 g/mol. The average Bonchev–Trinajstić information content (AvgIpc) is 3.25. The van der Waals surface area contributed by atoms with Crippen LogP contribution in [0.2, 0.25) is 5.02 Å². The van der Waals surface area contributed by atoms with Crippen molar-refractivity contribution in [3.63, 3.8) is 0 Å². The summed E-state index contributed by atoms with van der Waals surface area (Å²) in [7, 11) is -3.31. The van der Waals surface area contributed by atoms with Crippen LogP contribution in [-0.2, 0) is 16.4 Å². The fraction of sp³-hybridized carbons (Fsp3) is 0.174. The predicted molar refractivity (Wildman–Crippen MR) is 130 cm³/mol. The lowest BCUT2D eigenvalue weighted by atomic mass is 10.1. The van der Waals surface area contributed by atoms with Crippen LogP contribution in [0.1, 0.15) is 22.8 Å². The Kier molecular flexibility index (Phi) is 6.62. The van der Waals surface area contributed by atoms with Crippen molar-refractivity contribution in [1.29, 1.82) is 0 Å². The minimum Gasteiger partial charge on any atom is -0.352 e. The molecular formula is C23H22ClN5O3S. The van der Waals surface area contributed by atoms with E-state index < -0.39 is 10.0 Å². The van der Waals surface area contributed by atoms with E-state index in [1.54, 1.807) is 43.5 Å². The van der Waals surface area contributed by atoms with E-state index in [0.29, 0.717) is 46.2 Å². The molecule has 0 radical (unpaired) electrons. The van der Waals surface area contributed by atoms with Gasteiger partial charge in [0, 0.05) is 29.0 Å². The van der Waals surface area contributed by atoms with Crippen molar-refractivity contribution in [3.8, 4) is 11.4 Å². The van der Waals surface area contributed by atoms with Crippen molar-refractivity contribution in [2.45, 2.75) is 13.3 Å². The van der Waals surface area contributed by atoms with Gasteiger partial charge in [0.1, 0.15) is 5.82 Å². The third-order valence-corrected chi connectivity index (χ3v) is 6.62. The van der Waals surface area contributed by atoms with Crippen LogP contribution < -0.4 is 10.0 Å². The van der Waals surface area contributed by atoms with Crippen molar-refractivity contribution in [2.24, 2.45) is 0 Å². The lowest BCUT2D eigenvalue weighted by molar-refractivity contribution is 0.0955. The highest BCUT2D eigenvalue weighted by atomic mass is 35.5. The number of hydrogen-bond donors (Lipinski definition) is 3. The number of aromatic amines is 1. The average molecular weight is 484 g/mol. The minimum absolute atomic E-state index is 0.0145.